The molecule has 0 spiro atoms. The molecule has 0 amide bonds. The van der Waals surface area contributed by atoms with Gasteiger partial charge in [-0.05, 0) is 88.5 Å². The number of nitrogens with zero attached hydrogens (tertiary/aromatic N) is 4. The van der Waals surface area contributed by atoms with Crippen molar-refractivity contribution < 1.29 is 0 Å². The van der Waals surface area contributed by atoms with Crippen molar-refractivity contribution in [3.05, 3.63) is 183 Å². The van der Waals surface area contributed by atoms with Gasteiger partial charge in [-0.1, -0.05) is 97.1 Å². The Balaban J connectivity index is 1.42. The summed E-state index contributed by atoms with van der Waals surface area (Å²) in [7, 11) is 0. The zero-order valence-electron chi connectivity index (χ0n) is 26.1. The first-order valence-electron chi connectivity index (χ1n) is 16.1. The van der Waals surface area contributed by atoms with E-state index in [1.165, 1.54) is 32.3 Å². The topological polar surface area (TPSA) is 32.3 Å². The molecule has 0 bridgehead atoms. The Morgan fingerprint density at radius 2 is 0.750 bits per heavy atom. The summed E-state index contributed by atoms with van der Waals surface area (Å²) >= 11 is 0. The molecule has 0 unspecified atom stereocenters. The number of hydrogen-bond donors (Lipinski definition) is 0. The normalized spacial score (nSPS) is 11.3. The third kappa shape index (κ3) is 4.70. The lowest BCUT2D eigenvalue weighted by atomic mass is 9.89. The highest BCUT2D eigenvalue weighted by atomic mass is 15.2. The molecule has 0 aliphatic rings. The second-order valence-corrected chi connectivity index (χ2v) is 12.0. The van der Waals surface area contributed by atoms with Crippen LogP contribution < -0.4 is 9.80 Å². The van der Waals surface area contributed by atoms with E-state index >= 15 is 0 Å². The maximum atomic E-state index is 4.30. The second-order valence-electron chi connectivity index (χ2n) is 12.0. The molecule has 9 aromatic rings. The van der Waals surface area contributed by atoms with Crippen molar-refractivity contribution in [2.45, 2.75) is 0 Å². The zero-order valence-corrected chi connectivity index (χ0v) is 26.1. The molecular weight excluding hydrogens is 585 g/mol. The highest BCUT2D eigenvalue weighted by molar-refractivity contribution is 6.29. The van der Waals surface area contributed by atoms with Crippen LogP contribution in [0.1, 0.15) is 0 Å². The molecule has 0 radical (unpaired) electrons. The summed E-state index contributed by atoms with van der Waals surface area (Å²) in [5.41, 5.74) is 8.73. The Kier molecular flexibility index (Phi) is 6.76. The molecule has 0 N–H and O–H groups in total. The zero-order chi connectivity index (χ0) is 31.9. The molecule has 0 fully saturated rings. The van der Waals surface area contributed by atoms with E-state index in [2.05, 4.69) is 184 Å². The van der Waals surface area contributed by atoms with Crippen LogP contribution in [-0.2, 0) is 0 Å². The quantitative estimate of drug-likeness (QED) is 0.167. The smallest absolute Gasteiger partial charge is 0.115 e. The number of rotatable bonds is 7. The highest BCUT2D eigenvalue weighted by Crippen LogP contribution is 2.50. The Morgan fingerprint density at radius 3 is 1.15 bits per heavy atom. The van der Waals surface area contributed by atoms with Gasteiger partial charge in [0.15, 0.2) is 0 Å². The highest BCUT2D eigenvalue weighted by Gasteiger charge is 2.24. The molecule has 0 atom stereocenters. The van der Waals surface area contributed by atoms with E-state index in [4.69, 9.17) is 0 Å². The van der Waals surface area contributed by atoms with E-state index in [1.54, 1.807) is 6.33 Å². The standard InChI is InChI=1S/C44H30N4/c1-5-13-35(14-6-1)47(36-15-7-2-8-16-36)41-27-42(48(37-17-9-3-10-18-37)38-19-11-4-12-20-38)40-24-22-32-26-33(34-28-45-30-46-29-34)25-31-21-23-39(41)44(40)43(31)32/h1-30H. The van der Waals surface area contributed by atoms with Crippen molar-refractivity contribution in [1.82, 2.24) is 9.97 Å². The van der Waals surface area contributed by atoms with E-state index in [0.29, 0.717) is 0 Å². The lowest BCUT2D eigenvalue weighted by Crippen LogP contribution is -2.14. The first-order chi connectivity index (χ1) is 23.8. The molecule has 0 aliphatic carbocycles. The molecule has 1 heterocycles. The van der Waals surface area contributed by atoms with Crippen LogP contribution in [0.25, 0.3) is 43.4 Å². The van der Waals surface area contributed by atoms with Gasteiger partial charge in [0.2, 0.25) is 0 Å². The largest absolute Gasteiger partial charge is 0.310 e. The molecule has 226 valence electrons. The minimum atomic E-state index is 1.00. The van der Waals surface area contributed by atoms with Gasteiger partial charge >= 0.3 is 0 Å². The fraction of sp³-hybridized carbons (Fsp3) is 0. The average molecular weight is 615 g/mol. The molecule has 4 nitrogen and oxygen atoms in total. The number of benzene rings is 8. The summed E-state index contributed by atoms with van der Waals surface area (Å²) in [6.45, 7) is 0. The van der Waals surface area contributed by atoms with Crippen molar-refractivity contribution in [2.75, 3.05) is 9.80 Å². The molecule has 0 saturated carbocycles. The van der Waals surface area contributed by atoms with Crippen LogP contribution in [0.4, 0.5) is 34.1 Å². The van der Waals surface area contributed by atoms with Crippen molar-refractivity contribution >= 4 is 66.4 Å². The Labute approximate surface area is 279 Å². The van der Waals surface area contributed by atoms with Gasteiger partial charge in [0.05, 0.1) is 11.4 Å². The first-order valence-corrected chi connectivity index (χ1v) is 16.1. The van der Waals surface area contributed by atoms with Gasteiger partial charge in [-0.15, -0.1) is 0 Å². The van der Waals surface area contributed by atoms with E-state index < -0.39 is 0 Å². The predicted molar refractivity (Wildman–Crippen MR) is 201 cm³/mol. The van der Waals surface area contributed by atoms with Gasteiger partial charge in [-0.25, -0.2) is 9.97 Å². The van der Waals surface area contributed by atoms with Crippen LogP contribution in [0.5, 0.6) is 0 Å². The monoisotopic (exact) mass is 614 g/mol. The summed E-state index contributed by atoms with van der Waals surface area (Å²) < 4.78 is 0. The minimum Gasteiger partial charge on any atom is -0.310 e. The second kappa shape index (κ2) is 11.7. The number of hydrogen-bond acceptors (Lipinski definition) is 4. The molecular formula is C44H30N4. The van der Waals surface area contributed by atoms with Crippen LogP contribution in [0.15, 0.2) is 183 Å². The van der Waals surface area contributed by atoms with Crippen LogP contribution in [-0.4, -0.2) is 9.97 Å². The first kappa shape index (κ1) is 27.8. The summed E-state index contributed by atoms with van der Waals surface area (Å²) in [5, 5.41) is 7.24. The van der Waals surface area contributed by atoms with Gasteiger partial charge < -0.3 is 9.80 Å². The van der Waals surface area contributed by atoms with E-state index in [9.17, 15) is 0 Å². The van der Waals surface area contributed by atoms with Crippen molar-refractivity contribution in [3.8, 4) is 11.1 Å². The third-order valence-electron chi connectivity index (χ3n) is 9.11. The summed E-state index contributed by atoms with van der Waals surface area (Å²) in [5.74, 6) is 0. The van der Waals surface area contributed by atoms with Gasteiger partial charge in [0, 0.05) is 56.9 Å². The molecule has 8 aromatic carbocycles. The fourth-order valence-corrected chi connectivity index (χ4v) is 7.03. The SMILES string of the molecule is c1ccc(N(c2ccccc2)c2cc(N(c3ccccc3)c3ccccc3)c3ccc4cc(-c5cncnc5)cc5ccc2c3c54)cc1. The number of aromatic nitrogens is 2. The van der Waals surface area contributed by atoms with Crippen LogP contribution in [0.2, 0.25) is 0 Å². The van der Waals surface area contributed by atoms with E-state index in [-0.39, 0.29) is 0 Å². The van der Waals surface area contributed by atoms with Gasteiger partial charge in [0.1, 0.15) is 6.33 Å². The summed E-state index contributed by atoms with van der Waals surface area (Å²) in [6.07, 6.45) is 5.34. The molecule has 4 heteroatoms. The average Bonchev–Trinajstić information content (AvgIpc) is 3.16. The Morgan fingerprint density at radius 1 is 0.354 bits per heavy atom. The maximum Gasteiger partial charge on any atom is 0.115 e. The van der Waals surface area contributed by atoms with E-state index in [1.807, 2.05) is 12.4 Å². The maximum absolute atomic E-state index is 4.30. The van der Waals surface area contributed by atoms with Crippen molar-refractivity contribution in [1.29, 1.82) is 0 Å². The fourth-order valence-electron chi connectivity index (χ4n) is 7.03. The summed E-state index contributed by atoms with van der Waals surface area (Å²) in [6, 6.07) is 58.7. The van der Waals surface area contributed by atoms with Crippen molar-refractivity contribution in [3.63, 3.8) is 0 Å². The minimum absolute atomic E-state index is 1.00. The molecule has 1 aromatic heterocycles. The van der Waals surface area contributed by atoms with Crippen LogP contribution in [0, 0.1) is 0 Å². The molecule has 9 rings (SSSR count). The number of anilines is 6. The number of para-hydroxylation sites is 4. The van der Waals surface area contributed by atoms with Gasteiger partial charge in [0.25, 0.3) is 0 Å². The lowest BCUT2D eigenvalue weighted by Gasteiger charge is -2.32. The molecule has 0 aliphatic heterocycles. The van der Waals surface area contributed by atoms with Crippen LogP contribution in [0.3, 0.4) is 0 Å². The van der Waals surface area contributed by atoms with Gasteiger partial charge in [-0.3, -0.25) is 0 Å². The Bertz CT molecular complexity index is 2260. The third-order valence-corrected chi connectivity index (χ3v) is 9.11. The van der Waals surface area contributed by atoms with Crippen LogP contribution >= 0.6 is 0 Å². The predicted octanol–water partition coefficient (Wildman–Crippen LogP) is 12.0. The summed E-state index contributed by atoms with van der Waals surface area (Å²) in [4.78, 5) is 13.4. The van der Waals surface area contributed by atoms with Crippen molar-refractivity contribution in [2.24, 2.45) is 0 Å². The van der Waals surface area contributed by atoms with Gasteiger partial charge in [-0.2, -0.15) is 0 Å². The van der Waals surface area contributed by atoms with E-state index in [0.717, 1.165) is 45.3 Å². The molecule has 48 heavy (non-hydrogen) atoms. The lowest BCUT2D eigenvalue weighted by molar-refractivity contribution is 1.17. The Hall–Kier alpha value is -6.52. The molecule has 0 saturated heterocycles.